The van der Waals surface area contributed by atoms with Crippen molar-refractivity contribution in [2.45, 2.75) is 32.0 Å². The number of rotatable bonds is 0. The normalized spacial score (nSPS) is 33.8. The molecule has 0 bridgehead atoms. The van der Waals surface area contributed by atoms with Crippen LogP contribution in [-0.4, -0.2) is 18.9 Å². The Morgan fingerprint density at radius 2 is 1.91 bits per heavy atom. The molecule has 2 unspecified atom stereocenters. The van der Waals surface area contributed by atoms with Crippen LogP contribution in [0.2, 0.25) is 0 Å². The fraction of sp³-hybridized carbons (Fsp3) is 1.00. The lowest BCUT2D eigenvalue weighted by Crippen LogP contribution is -2.33. The molecule has 66 valence electrons. The summed E-state index contributed by atoms with van der Waals surface area (Å²) in [6.45, 7) is 1.64. The maximum Gasteiger partial charge on any atom is 0.394 e. The zero-order valence-electron chi connectivity index (χ0n) is 6.32. The Balaban J connectivity index is 2.39. The van der Waals surface area contributed by atoms with E-state index in [1.807, 2.05) is 0 Å². The molecule has 0 radical (unpaired) electrons. The summed E-state index contributed by atoms with van der Waals surface area (Å²) in [5.41, 5.74) is 0. The van der Waals surface area contributed by atoms with Gasteiger partial charge < -0.3 is 4.74 Å². The van der Waals surface area contributed by atoms with Gasteiger partial charge in [-0.15, -0.1) is 0 Å². The third kappa shape index (κ3) is 2.36. The lowest BCUT2D eigenvalue weighted by Gasteiger charge is -2.28. The maximum absolute atomic E-state index is 12.0. The number of hydrogen-bond acceptors (Lipinski definition) is 1. The van der Waals surface area contributed by atoms with E-state index in [1.165, 1.54) is 0 Å². The molecule has 11 heavy (non-hydrogen) atoms. The highest BCUT2D eigenvalue weighted by molar-refractivity contribution is 4.73. The summed E-state index contributed by atoms with van der Waals surface area (Å²) in [4.78, 5) is 0. The van der Waals surface area contributed by atoms with Crippen molar-refractivity contribution in [2.24, 2.45) is 5.92 Å². The van der Waals surface area contributed by atoms with E-state index in [-0.39, 0.29) is 19.1 Å². The molecule has 1 nitrogen and oxygen atoms in total. The number of alkyl halides is 3. The standard InChI is InChI=1S/C7H11F3O/c1-5-2-3-6(4-11-5)7(8,9)10/h5-6H,2-4H2,1H3. The van der Waals surface area contributed by atoms with Gasteiger partial charge in [0.2, 0.25) is 0 Å². The van der Waals surface area contributed by atoms with Crippen molar-refractivity contribution in [3.8, 4) is 0 Å². The molecule has 0 saturated carbocycles. The average molecular weight is 168 g/mol. The summed E-state index contributed by atoms with van der Waals surface area (Å²) in [5.74, 6) is -1.24. The Labute approximate surface area is 63.5 Å². The summed E-state index contributed by atoms with van der Waals surface area (Å²) in [6, 6.07) is 0. The van der Waals surface area contributed by atoms with Gasteiger partial charge in [-0.2, -0.15) is 13.2 Å². The van der Waals surface area contributed by atoms with Gasteiger partial charge in [0.15, 0.2) is 0 Å². The first-order valence-electron chi connectivity index (χ1n) is 3.68. The highest BCUT2D eigenvalue weighted by atomic mass is 19.4. The molecule has 1 aliphatic heterocycles. The van der Waals surface area contributed by atoms with Gasteiger partial charge in [-0.3, -0.25) is 0 Å². The molecule has 0 aromatic carbocycles. The molecule has 0 N–H and O–H groups in total. The second-order valence-corrected chi connectivity index (χ2v) is 2.96. The molecule has 0 aliphatic carbocycles. The van der Waals surface area contributed by atoms with E-state index in [9.17, 15) is 13.2 Å². The van der Waals surface area contributed by atoms with Crippen molar-refractivity contribution in [3.63, 3.8) is 0 Å². The molecule has 0 aromatic rings. The summed E-state index contributed by atoms with van der Waals surface area (Å²) in [6.07, 6.45) is -3.34. The molecule has 4 heteroatoms. The zero-order valence-corrected chi connectivity index (χ0v) is 6.32. The largest absolute Gasteiger partial charge is 0.394 e. The Morgan fingerprint density at radius 1 is 1.27 bits per heavy atom. The Hall–Kier alpha value is -0.250. The topological polar surface area (TPSA) is 9.23 Å². The summed E-state index contributed by atoms with van der Waals surface area (Å²) in [7, 11) is 0. The van der Waals surface area contributed by atoms with E-state index in [0.717, 1.165) is 0 Å². The summed E-state index contributed by atoms with van der Waals surface area (Å²) < 4.78 is 40.9. The van der Waals surface area contributed by atoms with E-state index in [2.05, 4.69) is 0 Å². The lowest BCUT2D eigenvalue weighted by atomic mass is 9.99. The SMILES string of the molecule is CC1CCC(C(F)(F)F)CO1. The fourth-order valence-electron chi connectivity index (χ4n) is 1.14. The van der Waals surface area contributed by atoms with Crippen molar-refractivity contribution >= 4 is 0 Å². The van der Waals surface area contributed by atoms with Crippen molar-refractivity contribution in [2.75, 3.05) is 6.61 Å². The summed E-state index contributed by atoms with van der Waals surface area (Å²) in [5, 5.41) is 0. The molecule has 0 spiro atoms. The first kappa shape index (κ1) is 8.84. The molecule has 0 amide bonds. The van der Waals surface area contributed by atoms with Crippen LogP contribution in [0.25, 0.3) is 0 Å². The predicted octanol–water partition coefficient (Wildman–Crippen LogP) is 2.36. The van der Waals surface area contributed by atoms with Gasteiger partial charge in [0, 0.05) is 0 Å². The third-order valence-corrected chi connectivity index (χ3v) is 1.97. The first-order valence-corrected chi connectivity index (χ1v) is 3.68. The monoisotopic (exact) mass is 168 g/mol. The molecule has 1 aliphatic rings. The number of ether oxygens (including phenoxy) is 1. The smallest absolute Gasteiger partial charge is 0.378 e. The Bertz CT molecular complexity index is 124. The van der Waals surface area contributed by atoms with E-state index >= 15 is 0 Å². The highest BCUT2D eigenvalue weighted by Crippen LogP contribution is 2.33. The average Bonchev–Trinajstić information content (AvgIpc) is 1.86. The van der Waals surface area contributed by atoms with Crippen LogP contribution in [0, 0.1) is 5.92 Å². The van der Waals surface area contributed by atoms with Crippen LogP contribution in [0.15, 0.2) is 0 Å². The quantitative estimate of drug-likeness (QED) is 0.539. The zero-order chi connectivity index (χ0) is 8.48. The molecule has 1 rings (SSSR count). The summed E-state index contributed by atoms with van der Waals surface area (Å²) >= 11 is 0. The predicted molar refractivity (Wildman–Crippen MR) is 34.2 cm³/mol. The van der Waals surface area contributed by atoms with E-state index < -0.39 is 12.1 Å². The lowest BCUT2D eigenvalue weighted by molar-refractivity contribution is -0.206. The van der Waals surface area contributed by atoms with Crippen LogP contribution < -0.4 is 0 Å². The molecule has 2 atom stereocenters. The first-order chi connectivity index (χ1) is 5.00. The van der Waals surface area contributed by atoms with Crippen molar-refractivity contribution in [3.05, 3.63) is 0 Å². The number of hydrogen-bond donors (Lipinski definition) is 0. The molecule has 1 fully saturated rings. The van der Waals surface area contributed by atoms with Crippen molar-refractivity contribution in [1.29, 1.82) is 0 Å². The second-order valence-electron chi connectivity index (χ2n) is 2.96. The van der Waals surface area contributed by atoms with Gasteiger partial charge in [-0.25, -0.2) is 0 Å². The van der Waals surface area contributed by atoms with Crippen molar-refractivity contribution < 1.29 is 17.9 Å². The van der Waals surface area contributed by atoms with Crippen LogP contribution in [0.5, 0.6) is 0 Å². The van der Waals surface area contributed by atoms with Gasteiger partial charge in [-0.05, 0) is 19.8 Å². The van der Waals surface area contributed by atoms with Crippen LogP contribution in [-0.2, 0) is 4.74 Å². The fourth-order valence-corrected chi connectivity index (χ4v) is 1.14. The second kappa shape index (κ2) is 3.01. The molecule has 1 heterocycles. The van der Waals surface area contributed by atoms with Gasteiger partial charge in [0.05, 0.1) is 18.6 Å². The van der Waals surface area contributed by atoms with E-state index in [4.69, 9.17) is 4.74 Å². The highest BCUT2D eigenvalue weighted by Gasteiger charge is 2.41. The molecule has 1 saturated heterocycles. The van der Waals surface area contributed by atoms with Crippen LogP contribution >= 0.6 is 0 Å². The molecule has 0 aromatic heterocycles. The van der Waals surface area contributed by atoms with E-state index in [1.54, 1.807) is 6.92 Å². The molecular formula is C7H11F3O. The van der Waals surface area contributed by atoms with Gasteiger partial charge in [-0.1, -0.05) is 0 Å². The van der Waals surface area contributed by atoms with Crippen molar-refractivity contribution in [1.82, 2.24) is 0 Å². The minimum absolute atomic E-state index is 0.00593. The van der Waals surface area contributed by atoms with Gasteiger partial charge >= 0.3 is 6.18 Å². The Morgan fingerprint density at radius 3 is 2.27 bits per heavy atom. The maximum atomic E-state index is 12.0. The number of halogens is 3. The minimum atomic E-state index is -4.07. The van der Waals surface area contributed by atoms with Gasteiger partial charge in [0.1, 0.15) is 0 Å². The molecular weight excluding hydrogens is 157 g/mol. The minimum Gasteiger partial charge on any atom is -0.378 e. The van der Waals surface area contributed by atoms with Gasteiger partial charge in [0.25, 0.3) is 0 Å². The van der Waals surface area contributed by atoms with Crippen LogP contribution in [0.3, 0.4) is 0 Å². The third-order valence-electron chi connectivity index (χ3n) is 1.97. The van der Waals surface area contributed by atoms with Crippen LogP contribution in [0.1, 0.15) is 19.8 Å². The Kier molecular flexibility index (Phi) is 2.42. The van der Waals surface area contributed by atoms with E-state index in [0.29, 0.717) is 6.42 Å². The van der Waals surface area contributed by atoms with Crippen LogP contribution in [0.4, 0.5) is 13.2 Å².